The third kappa shape index (κ3) is 3.99. The molecule has 37 heavy (non-hydrogen) atoms. The zero-order valence-corrected chi connectivity index (χ0v) is 22.2. The fraction of sp³-hybridized carbons (Fsp3) is 0.448. The number of urea groups is 1. The average Bonchev–Trinajstić information content (AvgIpc) is 3.03. The number of rotatable bonds is 5. The topological polar surface area (TPSA) is 71.6 Å². The lowest BCUT2D eigenvalue weighted by atomic mass is 9.82. The summed E-state index contributed by atoms with van der Waals surface area (Å²) in [5.41, 5.74) is 3.33. The Hall–Kier alpha value is -3.68. The first-order chi connectivity index (χ1) is 17.9. The minimum absolute atomic E-state index is 0.00886. The van der Waals surface area contributed by atoms with Crippen molar-refractivity contribution in [2.75, 3.05) is 41.0 Å². The number of hydrogen-bond donors (Lipinski definition) is 0. The minimum atomic E-state index is -0.440. The van der Waals surface area contributed by atoms with Gasteiger partial charge in [-0.3, -0.25) is 9.69 Å². The number of hydrogen-bond acceptors (Lipinski definition) is 5. The molecule has 2 aromatic carbocycles. The Bertz CT molecular complexity index is 1250. The molecule has 0 unspecified atom stereocenters. The quantitative estimate of drug-likeness (QED) is 0.592. The smallest absolute Gasteiger partial charge is 0.325 e. The van der Waals surface area contributed by atoms with Gasteiger partial charge in [0, 0.05) is 48.4 Å². The van der Waals surface area contributed by atoms with Gasteiger partial charge >= 0.3 is 6.03 Å². The summed E-state index contributed by atoms with van der Waals surface area (Å²) in [6.45, 7) is 6.40. The maximum atomic E-state index is 13.8. The molecule has 0 saturated carbocycles. The molecule has 2 fully saturated rings. The maximum Gasteiger partial charge on any atom is 0.325 e. The first-order valence-electron chi connectivity index (χ1n) is 12.9. The molecule has 0 radical (unpaired) electrons. The molecule has 1 spiro atoms. The fourth-order valence-corrected chi connectivity index (χ4v) is 6.28. The minimum Gasteiger partial charge on any atom is -0.497 e. The SMILES string of the molecule is CCN1C(=O)N2Cc3cc(OC)cc(OC)c3[C@@H](C)C=C2C12CCN(C(=O)c1cccc(OC)c1)CC2. The van der Waals surface area contributed by atoms with Crippen molar-refractivity contribution < 1.29 is 23.8 Å². The summed E-state index contributed by atoms with van der Waals surface area (Å²) in [7, 11) is 4.91. The number of fused-ring (bicyclic) bond motifs is 3. The number of likely N-dealkylation sites (N-methyl/N-ethyl adjacent to an activating group) is 1. The van der Waals surface area contributed by atoms with E-state index in [9.17, 15) is 9.59 Å². The van der Waals surface area contributed by atoms with Crippen LogP contribution in [0.25, 0.3) is 0 Å². The predicted molar refractivity (Wildman–Crippen MR) is 140 cm³/mol. The molecule has 3 amide bonds. The van der Waals surface area contributed by atoms with Crippen molar-refractivity contribution in [1.29, 1.82) is 0 Å². The first-order valence-corrected chi connectivity index (χ1v) is 12.9. The second kappa shape index (κ2) is 9.65. The standard InChI is InChI=1S/C29H35N3O5/c1-6-32-28(34)31-18-21-16-23(36-4)17-24(37-5)26(21)19(2)14-25(31)29(32)10-12-30(13-11-29)27(33)20-8-7-9-22(15-20)35-3/h7-9,14-17,19H,6,10-13,18H2,1-5H3/t19-/m0/s1. The summed E-state index contributed by atoms with van der Waals surface area (Å²) in [6, 6.07) is 11.2. The van der Waals surface area contributed by atoms with E-state index in [0.717, 1.165) is 22.6 Å². The number of carbonyl (C=O) groups is 2. The predicted octanol–water partition coefficient (Wildman–Crippen LogP) is 4.65. The van der Waals surface area contributed by atoms with Crippen LogP contribution in [0, 0.1) is 0 Å². The van der Waals surface area contributed by atoms with Crippen molar-refractivity contribution in [3.05, 3.63) is 64.9 Å². The van der Waals surface area contributed by atoms with E-state index in [1.54, 1.807) is 27.4 Å². The fourth-order valence-electron chi connectivity index (χ4n) is 6.28. The highest BCUT2D eigenvalue weighted by Crippen LogP contribution is 2.49. The Labute approximate surface area is 218 Å². The second-order valence-corrected chi connectivity index (χ2v) is 9.91. The number of nitrogens with zero attached hydrogens (tertiary/aromatic N) is 3. The molecule has 0 N–H and O–H groups in total. The molecule has 1 atom stereocenters. The third-order valence-electron chi connectivity index (χ3n) is 8.11. The van der Waals surface area contributed by atoms with Crippen LogP contribution in [0.15, 0.2) is 48.2 Å². The van der Waals surface area contributed by atoms with Gasteiger partial charge in [-0.05, 0) is 49.6 Å². The number of piperidine rings is 1. The van der Waals surface area contributed by atoms with Crippen molar-refractivity contribution in [2.24, 2.45) is 0 Å². The molecule has 0 bridgehead atoms. The number of benzene rings is 2. The lowest BCUT2D eigenvalue weighted by molar-refractivity contribution is 0.0575. The zero-order valence-electron chi connectivity index (χ0n) is 22.2. The van der Waals surface area contributed by atoms with Crippen LogP contribution in [-0.2, 0) is 6.54 Å². The Morgan fingerprint density at radius 2 is 1.76 bits per heavy atom. The molecule has 196 valence electrons. The normalized spacial score (nSPS) is 20.2. The van der Waals surface area contributed by atoms with Gasteiger partial charge in [0.25, 0.3) is 5.91 Å². The van der Waals surface area contributed by atoms with Gasteiger partial charge in [-0.1, -0.05) is 19.1 Å². The van der Waals surface area contributed by atoms with Gasteiger partial charge in [0.15, 0.2) is 0 Å². The van der Waals surface area contributed by atoms with Gasteiger partial charge in [-0.25, -0.2) is 4.79 Å². The van der Waals surface area contributed by atoms with Crippen LogP contribution in [0.3, 0.4) is 0 Å². The molecule has 8 nitrogen and oxygen atoms in total. The van der Waals surface area contributed by atoms with Crippen molar-refractivity contribution in [3.8, 4) is 17.2 Å². The molecular formula is C29H35N3O5. The maximum absolute atomic E-state index is 13.8. The summed E-state index contributed by atoms with van der Waals surface area (Å²) in [6.07, 6.45) is 3.61. The highest BCUT2D eigenvalue weighted by Gasteiger charge is 2.55. The van der Waals surface area contributed by atoms with Crippen LogP contribution in [-0.4, -0.2) is 73.1 Å². The molecule has 3 heterocycles. The number of carbonyl (C=O) groups excluding carboxylic acids is 2. The Morgan fingerprint density at radius 3 is 2.41 bits per heavy atom. The van der Waals surface area contributed by atoms with Gasteiger partial charge in [-0.2, -0.15) is 0 Å². The molecule has 8 heteroatoms. The molecule has 3 aliphatic rings. The van der Waals surface area contributed by atoms with E-state index in [2.05, 4.69) is 13.0 Å². The summed E-state index contributed by atoms with van der Waals surface area (Å²) in [5, 5.41) is 0. The van der Waals surface area contributed by atoms with E-state index < -0.39 is 5.54 Å². The monoisotopic (exact) mass is 505 g/mol. The van der Waals surface area contributed by atoms with E-state index in [-0.39, 0.29) is 17.9 Å². The van der Waals surface area contributed by atoms with Gasteiger partial charge in [-0.15, -0.1) is 0 Å². The number of ether oxygens (including phenoxy) is 3. The summed E-state index contributed by atoms with van der Waals surface area (Å²) in [4.78, 5) is 32.9. The van der Waals surface area contributed by atoms with Crippen molar-refractivity contribution in [2.45, 2.75) is 44.7 Å². The lowest BCUT2D eigenvalue weighted by Gasteiger charge is -2.44. The van der Waals surface area contributed by atoms with Gasteiger partial charge in [0.1, 0.15) is 17.2 Å². The Balaban J connectivity index is 1.47. The lowest BCUT2D eigenvalue weighted by Crippen LogP contribution is -2.54. The van der Waals surface area contributed by atoms with E-state index in [4.69, 9.17) is 14.2 Å². The zero-order chi connectivity index (χ0) is 26.3. The molecule has 5 rings (SSSR count). The van der Waals surface area contributed by atoms with E-state index >= 15 is 0 Å². The van der Waals surface area contributed by atoms with Crippen LogP contribution in [0.2, 0.25) is 0 Å². The van der Waals surface area contributed by atoms with Gasteiger partial charge in [0.2, 0.25) is 0 Å². The van der Waals surface area contributed by atoms with E-state index in [1.165, 1.54) is 0 Å². The van der Waals surface area contributed by atoms with Crippen LogP contribution in [0.1, 0.15) is 54.1 Å². The molecule has 3 aliphatic heterocycles. The number of methoxy groups -OCH3 is 3. The van der Waals surface area contributed by atoms with Gasteiger partial charge < -0.3 is 24.0 Å². The van der Waals surface area contributed by atoms with Crippen molar-refractivity contribution in [1.82, 2.24) is 14.7 Å². The second-order valence-electron chi connectivity index (χ2n) is 9.91. The molecule has 0 aliphatic carbocycles. The van der Waals surface area contributed by atoms with E-state index in [1.807, 2.05) is 52.0 Å². The number of likely N-dealkylation sites (tertiary alicyclic amines) is 1. The highest BCUT2D eigenvalue weighted by molar-refractivity contribution is 5.94. The largest absolute Gasteiger partial charge is 0.497 e. The Morgan fingerprint density at radius 1 is 1.03 bits per heavy atom. The summed E-state index contributed by atoms with van der Waals surface area (Å²) < 4.78 is 16.6. The molecule has 0 aromatic heterocycles. The van der Waals surface area contributed by atoms with Crippen molar-refractivity contribution >= 4 is 11.9 Å². The highest BCUT2D eigenvalue weighted by atomic mass is 16.5. The third-order valence-corrected chi connectivity index (χ3v) is 8.11. The molecule has 2 saturated heterocycles. The summed E-state index contributed by atoms with van der Waals surface area (Å²) in [5.74, 6) is 2.19. The van der Waals surface area contributed by atoms with Crippen LogP contribution in [0.5, 0.6) is 17.2 Å². The number of allylic oxidation sites excluding steroid dienone is 1. The van der Waals surface area contributed by atoms with Gasteiger partial charge in [0.05, 0.1) is 33.4 Å². The van der Waals surface area contributed by atoms with Crippen LogP contribution >= 0.6 is 0 Å². The van der Waals surface area contributed by atoms with E-state index in [0.29, 0.717) is 56.1 Å². The van der Waals surface area contributed by atoms with Crippen LogP contribution in [0.4, 0.5) is 4.79 Å². The van der Waals surface area contributed by atoms with Crippen molar-refractivity contribution in [3.63, 3.8) is 0 Å². The Kier molecular flexibility index (Phi) is 6.52. The number of amides is 3. The molecule has 2 aromatic rings. The van der Waals surface area contributed by atoms with Crippen LogP contribution < -0.4 is 14.2 Å². The first kappa shape index (κ1) is 25.0. The summed E-state index contributed by atoms with van der Waals surface area (Å²) >= 11 is 0. The molecular weight excluding hydrogens is 470 g/mol. The average molecular weight is 506 g/mol.